The topological polar surface area (TPSA) is 34.0 Å². The summed E-state index contributed by atoms with van der Waals surface area (Å²) in [4.78, 5) is 10.9. The fourth-order valence-electron chi connectivity index (χ4n) is 0.964. The Hall–Kier alpha value is -1.16. The fraction of sp³-hybridized carbons (Fsp3) is 0. The Labute approximate surface area is 62.6 Å². The summed E-state index contributed by atoms with van der Waals surface area (Å²) in [5.41, 5.74) is 0.616. The second kappa shape index (κ2) is 1.67. The Kier molecular flexibility index (Phi) is 0.935. The maximum atomic E-state index is 10.9. The summed E-state index contributed by atoms with van der Waals surface area (Å²) in [5, 5.41) is 2.98. The van der Waals surface area contributed by atoms with Crippen molar-refractivity contribution in [3.8, 4) is 0 Å². The molecule has 0 spiro atoms. The van der Waals surface area contributed by atoms with Gasteiger partial charge in [-0.1, -0.05) is 0 Å². The number of hydrogen-bond acceptors (Lipinski definition) is 2. The summed E-state index contributed by atoms with van der Waals surface area (Å²) in [6.07, 6.45) is 1.76. The second-order valence-electron chi connectivity index (χ2n) is 2.02. The molecule has 0 aliphatic carbocycles. The van der Waals surface area contributed by atoms with Gasteiger partial charge in [0.05, 0.1) is 0 Å². The highest BCUT2D eigenvalue weighted by atomic mass is 32.1. The Morgan fingerprint density at radius 2 is 2.40 bits per heavy atom. The Morgan fingerprint density at radius 3 is 3.10 bits per heavy atom. The molecule has 0 radical (unpaired) electrons. The monoisotopic (exact) mass is 152 g/mol. The lowest BCUT2D eigenvalue weighted by atomic mass is 10.4. The van der Waals surface area contributed by atoms with E-state index in [1.54, 1.807) is 22.9 Å². The van der Waals surface area contributed by atoms with Crippen LogP contribution in [0.15, 0.2) is 18.3 Å². The first kappa shape index (κ1) is 5.61. The van der Waals surface area contributed by atoms with Crippen LogP contribution in [0.5, 0.6) is 0 Å². The Balaban J connectivity index is 2.69. The summed E-state index contributed by atoms with van der Waals surface area (Å²) in [5.74, 6) is -0.116. The zero-order valence-electron chi connectivity index (χ0n) is 5.00. The van der Waals surface area contributed by atoms with Crippen LogP contribution in [0.3, 0.4) is 0 Å². The lowest BCUT2D eigenvalue weighted by molar-refractivity contribution is 0.0982. The number of hydrogen-bond donors (Lipinski definition) is 1. The minimum Gasteiger partial charge on any atom is -0.297 e. The molecule has 10 heavy (non-hydrogen) atoms. The molecule has 1 aromatic heterocycles. The summed E-state index contributed by atoms with van der Waals surface area (Å²) < 4.78 is 1.65. The van der Waals surface area contributed by atoms with E-state index in [9.17, 15) is 4.79 Å². The van der Waals surface area contributed by atoms with Crippen molar-refractivity contribution in [3.63, 3.8) is 0 Å². The molecule has 4 heteroatoms. The molecule has 1 aromatic rings. The molecule has 2 rings (SSSR count). The summed E-state index contributed by atoms with van der Waals surface area (Å²) in [6.45, 7) is 0. The van der Waals surface area contributed by atoms with E-state index in [1.807, 2.05) is 0 Å². The number of carbonyl (C=O) groups is 1. The Morgan fingerprint density at radius 1 is 1.60 bits per heavy atom. The van der Waals surface area contributed by atoms with E-state index in [1.165, 1.54) is 0 Å². The van der Waals surface area contributed by atoms with Gasteiger partial charge in [-0.3, -0.25) is 14.7 Å². The SMILES string of the molecule is O=C1NC(=S)n2cccc21. The van der Waals surface area contributed by atoms with Gasteiger partial charge >= 0.3 is 0 Å². The zero-order chi connectivity index (χ0) is 7.14. The summed E-state index contributed by atoms with van der Waals surface area (Å²) in [7, 11) is 0. The number of fused-ring (bicyclic) bond motifs is 1. The van der Waals surface area contributed by atoms with Gasteiger partial charge in [-0.25, -0.2) is 0 Å². The van der Waals surface area contributed by atoms with Crippen molar-refractivity contribution in [2.75, 3.05) is 0 Å². The van der Waals surface area contributed by atoms with Gasteiger partial charge in [0.1, 0.15) is 5.69 Å². The minimum absolute atomic E-state index is 0.116. The van der Waals surface area contributed by atoms with Crippen molar-refractivity contribution in [3.05, 3.63) is 24.0 Å². The highest BCUT2D eigenvalue weighted by Crippen LogP contribution is 2.07. The van der Waals surface area contributed by atoms with Crippen molar-refractivity contribution in [1.29, 1.82) is 0 Å². The number of nitrogens with zero attached hydrogens (tertiary/aromatic N) is 1. The van der Waals surface area contributed by atoms with Crippen molar-refractivity contribution >= 4 is 23.2 Å². The van der Waals surface area contributed by atoms with Gasteiger partial charge in [0.2, 0.25) is 0 Å². The molecule has 3 nitrogen and oxygen atoms in total. The maximum Gasteiger partial charge on any atom is 0.274 e. The lowest BCUT2D eigenvalue weighted by Gasteiger charge is -1.91. The van der Waals surface area contributed by atoms with Crippen molar-refractivity contribution in [2.45, 2.75) is 0 Å². The van der Waals surface area contributed by atoms with Crippen LogP contribution in [0.25, 0.3) is 0 Å². The molecule has 1 aliphatic rings. The van der Waals surface area contributed by atoms with E-state index < -0.39 is 0 Å². The van der Waals surface area contributed by atoms with Gasteiger partial charge in [-0.05, 0) is 24.4 Å². The molecule has 0 unspecified atom stereocenters. The van der Waals surface area contributed by atoms with Crippen molar-refractivity contribution < 1.29 is 4.79 Å². The smallest absolute Gasteiger partial charge is 0.274 e. The Bertz CT molecular complexity index is 287. The van der Waals surface area contributed by atoms with Gasteiger partial charge in [-0.15, -0.1) is 0 Å². The average Bonchev–Trinajstić information content (AvgIpc) is 2.39. The molecule has 0 saturated carbocycles. The van der Waals surface area contributed by atoms with Crippen molar-refractivity contribution in [2.24, 2.45) is 0 Å². The third-order valence-corrected chi connectivity index (χ3v) is 1.72. The third-order valence-electron chi connectivity index (χ3n) is 1.42. The predicted octanol–water partition coefficient (Wildman–Crippen LogP) is 0.365. The summed E-state index contributed by atoms with van der Waals surface area (Å²) in [6, 6.07) is 3.52. The number of amides is 1. The molecular weight excluding hydrogens is 148 g/mol. The average molecular weight is 152 g/mol. The summed E-state index contributed by atoms with van der Waals surface area (Å²) >= 11 is 4.84. The number of thiocarbonyl (C=S) groups is 1. The van der Waals surface area contributed by atoms with Gasteiger partial charge in [0.15, 0.2) is 5.11 Å². The van der Waals surface area contributed by atoms with Gasteiger partial charge in [0, 0.05) is 6.20 Å². The van der Waals surface area contributed by atoms with Crippen LogP contribution in [0, 0.1) is 0 Å². The van der Waals surface area contributed by atoms with Gasteiger partial charge in [0.25, 0.3) is 5.91 Å². The number of aromatic nitrogens is 1. The van der Waals surface area contributed by atoms with Gasteiger partial charge in [-0.2, -0.15) is 0 Å². The van der Waals surface area contributed by atoms with Crippen LogP contribution in [0.1, 0.15) is 10.5 Å². The van der Waals surface area contributed by atoms with E-state index >= 15 is 0 Å². The van der Waals surface area contributed by atoms with Crippen LogP contribution in [0.2, 0.25) is 0 Å². The molecule has 0 atom stereocenters. The predicted molar refractivity (Wildman–Crippen MR) is 39.9 cm³/mol. The highest BCUT2D eigenvalue weighted by molar-refractivity contribution is 7.80. The van der Waals surface area contributed by atoms with E-state index in [0.29, 0.717) is 10.8 Å². The third kappa shape index (κ3) is 0.537. The molecule has 0 fully saturated rings. The largest absolute Gasteiger partial charge is 0.297 e. The molecule has 0 saturated heterocycles. The molecule has 50 valence electrons. The minimum atomic E-state index is -0.116. The van der Waals surface area contributed by atoms with E-state index in [4.69, 9.17) is 12.2 Å². The first-order chi connectivity index (χ1) is 4.79. The molecular formula is C6H4N2OS. The maximum absolute atomic E-state index is 10.9. The van der Waals surface area contributed by atoms with Crippen LogP contribution in [0.4, 0.5) is 0 Å². The van der Waals surface area contributed by atoms with Crippen LogP contribution < -0.4 is 5.32 Å². The second-order valence-corrected chi connectivity index (χ2v) is 2.41. The standard InChI is InChI=1S/C6H4N2OS/c9-5-4-2-1-3-8(4)6(10)7-5/h1-3H,(H,7,9,10). The lowest BCUT2D eigenvalue weighted by Crippen LogP contribution is -2.21. The van der Waals surface area contributed by atoms with Crippen molar-refractivity contribution in [1.82, 2.24) is 9.88 Å². The molecule has 1 aliphatic heterocycles. The highest BCUT2D eigenvalue weighted by Gasteiger charge is 2.21. The van der Waals surface area contributed by atoms with E-state index in [2.05, 4.69) is 5.32 Å². The number of carbonyl (C=O) groups excluding carboxylic acids is 1. The van der Waals surface area contributed by atoms with Crippen LogP contribution in [-0.4, -0.2) is 15.6 Å². The molecule has 1 N–H and O–H groups in total. The molecule has 1 amide bonds. The van der Waals surface area contributed by atoms with E-state index in [0.717, 1.165) is 0 Å². The fourth-order valence-corrected chi connectivity index (χ4v) is 1.22. The van der Waals surface area contributed by atoms with Crippen LogP contribution >= 0.6 is 12.2 Å². The normalized spacial score (nSPS) is 15.2. The quantitative estimate of drug-likeness (QED) is 0.545. The first-order valence-electron chi connectivity index (χ1n) is 2.82. The number of nitrogens with one attached hydrogen (secondary N) is 1. The molecule has 0 aromatic carbocycles. The first-order valence-corrected chi connectivity index (χ1v) is 3.23. The van der Waals surface area contributed by atoms with Crippen LogP contribution in [-0.2, 0) is 0 Å². The molecule has 0 bridgehead atoms. The number of rotatable bonds is 0. The van der Waals surface area contributed by atoms with E-state index in [-0.39, 0.29) is 5.91 Å². The van der Waals surface area contributed by atoms with Gasteiger partial charge < -0.3 is 0 Å². The zero-order valence-corrected chi connectivity index (χ0v) is 5.81. The molecule has 2 heterocycles.